The fraction of sp³-hybridized carbons (Fsp3) is 0.300. The number of fused-ring (bicyclic) bond motifs is 1. The minimum absolute atomic E-state index is 0.00714. The van der Waals surface area contributed by atoms with Crippen molar-refractivity contribution in [1.29, 1.82) is 0 Å². The summed E-state index contributed by atoms with van der Waals surface area (Å²) in [5.74, 6) is 0.194. The predicted octanol–water partition coefficient (Wildman–Crippen LogP) is 6.42. The minimum atomic E-state index is 0.00714. The zero-order valence-electron chi connectivity index (χ0n) is 21.1. The predicted molar refractivity (Wildman–Crippen MR) is 145 cm³/mol. The van der Waals surface area contributed by atoms with E-state index in [4.69, 9.17) is 4.98 Å². The van der Waals surface area contributed by atoms with Gasteiger partial charge in [-0.3, -0.25) is 9.89 Å². The lowest BCUT2D eigenvalue weighted by molar-refractivity contribution is 0.0726. The molecule has 0 saturated carbocycles. The van der Waals surface area contributed by atoms with E-state index in [2.05, 4.69) is 55.2 Å². The lowest BCUT2D eigenvalue weighted by atomic mass is 9.87. The molecule has 2 N–H and O–H groups in total. The molecule has 1 amide bonds. The normalized spacial score (nSPS) is 14.6. The molecule has 36 heavy (non-hydrogen) atoms. The van der Waals surface area contributed by atoms with E-state index >= 15 is 0 Å². The summed E-state index contributed by atoms with van der Waals surface area (Å²) in [6.45, 7) is 8.14. The Morgan fingerprint density at radius 2 is 1.67 bits per heavy atom. The molecule has 0 unspecified atom stereocenters. The monoisotopic (exact) mass is 480 g/mol. The van der Waals surface area contributed by atoms with E-state index in [0.717, 1.165) is 54.6 Å². The largest absolute Gasteiger partial charge is 0.508 e. The van der Waals surface area contributed by atoms with Crippen molar-refractivity contribution in [2.45, 2.75) is 45.4 Å². The Balaban J connectivity index is 1.56. The minimum Gasteiger partial charge on any atom is -0.508 e. The zero-order chi connectivity index (χ0) is 25.3. The Labute approximate surface area is 211 Å². The lowest BCUT2D eigenvalue weighted by Gasteiger charge is -2.27. The molecule has 6 heteroatoms. The van der Waals surface area contributed by atoms with Gasteiger partial charge in [-0.15, -0.1) is 0 Å². The highest BCUT2D eigenvalue weighted by Crippen LogP contribution is 2.30. The SMILES string of the molecule is CC(C)(C)c1ccc(/C=C/c2[nH]nc3nc(-c4ccc(O)cc4)cc(C(=O)N4CCCCC4)c23)cc1. The van der Waals surface area contributed by atoms with Crippen molar-refractivity contribution in [2.24, 2.45) is 0 Å². The average Bonchev–Trinajstić information content (AvgIpc) is 3.30. The summed E-state index contributed by atoms with van der Waals surface area (Å²) in [4.78, 5) is 20.4. The summed E-state index contributed by atoms with van der Waals surface area (Å²) in [6, 6.07) is 17.2. The van der Waals surface area contributed by atoms with E-state index < -0.39 is 0 Å². The Morgan fingerprint density at radius 1 is 0.972 bits per heavy atom. The number of hydrogen-bond acceptors (Lipinski definition) is 4. The molecule has 2 aromatic heterocycles. The van der Waals surface area contributed by atoms with Crippen molar-refractivity contribution in [3.8, 4) is 17.0 Å². The van der Waals surface area contributed by atoms with Gasteiger partial charge < -0.3 is 10.0 Å². The van der Waals surface area contributed by atoms with Gasteiger partial charge in [0.05, 0.1) is 22.3 Å². The first-order chi connectivity index (χ1) is 17.3. The second-order valence-corrected chi connectivity index (χ2v) is 10.5. The summed E-state index contributed by atoms with van der Waals surface area (Å²) >= 11 is 0. The van der Waals surface area contributed by atoms with Crippen LogP contribution in [-0.4, -0.2) is 44.2 Å². The van der Waals surface area contributed by atoms with E-state index in [-0.39, 0.29) is 17.1 Å². The van der Waals surface area contributed by atoms with Crippen molar-refractivity contribution in [1.82, 2.24) is 20.1 Å². The van der Waals surface area contributed by atoms with Crippen LogP contribution < -0.4 is 0 Å². The van der Waals surface area contributed by atoms with Gasteiger partial charge in [0.15, 0.2) is 5.65 Å². The van der Waals surface area contributed by atoms with Crippen molar-refractivity contribution in [3.63, 3.8) is 0 Å². The fourth-order valence-corrected chi connectivity index (χ4v) is 4.66. The Hall–Kier alpha value is -3.93. The van der Waals surface area contributed by atoms with Crippen LogP contribution in [0.3, 0.4) is 0 Å². The number of carbonyl (C=O) groups excluding carboxylic acids is 1. The van der Waals surface area contributed by atoms with Crippen LogP contribution in [0.1, 0.15) is 67.2 Å². The number of phenolic OH excluding ortho intramolecular Hbond substituents is 1. The smallest absolute Gasteiger partial charge is 0.254 e. The fourth-order valence-electron chi connectivity index (χ4n) is 4.66. The molecule has 1 aliphatic heterocycles. The molecular formula is C30H32N4O2. The number of aromatic hydroxyl groups is 1. The van der Waals surface area contributed by atoms with E-state index in [1.54, 1.807) is 24.3 Å². The zero-order valence-corrected chi connectivity index (χ0v) is 21.1. The van der Waals surface area contributed by atoms with Crippen molar-refractivity contribution in [2.75, 3.05) is 13.1 Å². The molecule has 2 aromatic carbocycles. The van der Waals surface area contributed by atoms with Gasteiger partial charge >= 0.3 is 0 Å². The second kappa shape index (κ2) is 9.61. The number of piperidine rings is 1. The molecule has 0 atom stereocenters. The molecule has 0 bridgehead atoms. The summed E-state index contributed by atoms with van der Waals surface area (Å²) in [5.41, 5.74) is 5.80. The number of benzene rings is 2. The summed E-state index contributed by atoms with van der Waals surface area (Å²) < 4.78 is 0. The van der Waals surface area contributed by atoms with Gasteiger partial charge in [0, 0.05) is 18.7 Å². The molecule has 0 radical (unpaired) electrons. The quantitative estimate of drug-likeness (QED) is 0.353. The van der Waals surface area contributed by atoms with Gasteiger partial charge in [0.1, 0.15) is 5.75 Å². The maximum absolute atomic E-state index is 13.7. The van der Waals surface area contributed by atoms with Gasteiger partial charge in [0.25, 0.3) is 5.91 Å². The van der Waals surface area contributed by atoms with E-state index in [9.17, 15) is 9.90 Å². The molecule has 0 spiro atoms. The highest BCUT2D eigenvalue weighted by Gasteiger charge is 2.24. The number of nitrogens with zero attached hydrogens (tertiary/aromatic N) is 3. The number of hydrogen-bond donors (Lipinski definition) is 2. The highest BCUT2D eigenvalue weighted by molar-refractivity contribution is 6.09. The molecular weight excluding hydrogens is 448 g/mol. The number of amides is 1. The van der Waals surface area contributed by atoms with Crippen LogP contribution in [0.5, 0.6) is 5.75 Å². The number of rotatable bonds is 4. The van der Waals surface area contributed by atoms with Gasteiger partial charge in [-0.2, -0.15) is 5.10 Å². The van der Waals surface area contributed by atoms with E-state index in [1.165, 1.54) is 5.56 Å². The second-order valence-electron chi connectivity index (χ2n) is 10.5. The number of carbonyl (C=O) groups is 1. The van der Waals surface area contributed by atoms with Crippen LogP contribution in [0, 0.1) is 0 Å². The van der Waals surface area contributed by atoms with Crippen LogP contribution in [0.25, 0.3) is 34.4 Å². The summed E-state index contributed by atoms with van der Waals surface area (Å²) in [7, 11) is 0. The number of aromatic nitrogens is 3. The molecule has 6 nitrogen and oxygen atoms in total. The number of nitrogens with one attached hydrogen (secondary N) is 1. The Kier molecular flexibility index (Phi) is 6.35. The first-order valence-electron chi connectivity index (χ1n) is 12.6. The molecule has 1 fully saturated rings. The van der Waals surface area contributed by atoms with Gasteiger partial charge in [0.2, 0.25) is 0 Å². The maximum atomic E-state index is 13.7. The van der Waals surface area contributed by atoms with Crippen molar-refractivity contribution >= 4 is 29.1 Å². The van der Waals surface area contributed by atoms with Gasteiger partial charge in [-0.05, 0) is 72.2 Å². The average molecular weight is 481 g/mol. The van der Waals surface area contributed by atoms with Gasteiger partial charge in [-0.25, -0.2) is 4.98 Å². The molecule has 1 saturated heterocycles. The third-order valence-electron chi connectivity index (χ3n) is 6.81. The first kappa shape index (κ1) is 23.8. The van der Waals surface area contributed by atoms with Crippen LogP contribution in [-0.2, 0) is 5.41 Å². The summed E-state index contributed by atoms with van der Waals surface area (Å²) in [6.07, 6.45) is 7.20. The lowest BCUT2D eigenvalue weighted by Crippen LogP contribution is -2.35. The van der Waals surface area contributed by atoms with E-state index in [1.807, 2.05) is 23.1 Å². The third-order valence-corrected chi connectivity index (χ3v) is 6.81. The molecule has 0 aliphatic carbocycles. The maximum Gasteiger partial charge on any atom is 0.254 e. The number of pyridine rings is 1. The van der Waals surface area contributed by atoms with Crippen LogP contribution in [0.4, 0.5) is 0 Å². The molecule has 4 aromatic rings. The third kappa shape index (κ3) is 4.89. The number of aromatic amines is 1. The molecule has 3 heterocycles. The number of H-pyrrole nitrogens is 1. The van der Waals surface area contributed by atoms with Crippen molar-refractivity contribution < 1.29 is 9.90 Å². The topological polar surface area (TPSA) is 82.1 Å². The van der Waals surface area contributed by atoms with Crippen LogP contribution >= 0.6 is 0 Å². The number of likely N-dealkylation sites (tertiary alicyclic amines) is 1. The Bertz CT molecular complexity index is 1400. The molecule has 5 rings (SSSR count). The van der Waals surface area contributed by atoms with Crippen LogP contribution in [0.15, 0.2) is 54.6 Å². The molecule has 1 aliphatic rings. The molecule has 184 valence electrons. The highest BCUT2D eigenvalue weighted by atomic mass is 16.3. The summed E-state index contributed by atoms with van der Waals surface area (Å²) in [5, 5.41) is 18.0. The van der Waals surface area contributed by atoms with Gasteiger partial charge in [-0.1, -0.05) is 51.1 Å². The van der Waals surface area contributed by atoms with Crippen molar-refractivity contribution in [3.05, 3.63) is 77.0 Å². The first-order valence-corrected chi connectivity index (χ1v) is 12.6. The standard InChI is InChI=1S/C30H32N4O2/c1-30(2,3)22-12-7-20(8-13-22)9-16-25-27-24(29(36)34-17-5-4-6-18-34)19-26(31-28(27)33-32-25)21-10-14-23(35)15-11-21/h7-16,19,35H,4-6,17-18H2,1-3H3,(H,31,32,33)/b16-9+. The van der Waals surface area contributed by atoms with E-state index in [0.29, 0.717) is 16.9 Å². The Morgan fingerprint density at radius 3 is 2.33 bits per heavy atom. The van der Waals surface area contributed by atoms with Crippen LogP contribution in [0.2, 0.25) is 0 Å². The number of phenols is 1.